The van der Waals surface area contributed by atoms with Crippen molar-refractivity contribution >= 4 is 11.8 Å². The van der Waals surface area contributed by atoms with Crippen LogP contribution in [0, 0.1) is 5.92 Å². The van der Waals surface area contributed by atoms with Crippen LogP contribution in [0.25, 0.3) is 11.5 Å². The largest absolute Gasteiger partial charge is 0.415 e. The van der Waals surface area contributed by atoms with E-state index in [9.17, 15) is 18.4 Å². The highest BCUT2D eigenvalue weighted by Gasteiger charge is 2.40. The summed E-state index contributed by atoms with van der Waals surface area (Å²) in [5.41, 5.74) is 1.35. The lowest BCUT2D eigenvalue weighted by Crippen LogP contribution is -2.54. The van der Waals surface area contributed by atoms with Crippen LogP contribution in [0.2, 0.25) is 0 Å². The molecule has 3 heterocycles. The van der Waals surface area contributed by atoms with Gasteiger partial charge in [0, 0.05) is 18.2 Å². The maximum Gasteiger partial charge on any atom is 0.314 e. The Bertz CT molecular complexity index is 1010. The van der Waals surface area contributed by atoms with Crippen LogP contribution in [0.5, 0.6) is 0 Å². The van der Waals surface area contributed by atoms with Crippen LogP contribution in [-0.4, -0.2) is 44.0 Å². The summed E-state index contributed by atoms with van der Waals surface area (Å²) >= 11 is 0. The number of carbonyl (C=O) groups excluding carboxylic acids is 2. The molecule has 2 atom stereocenters. The van der Waals surface area contributed by atoms with Gasteiger partial charge in [0.05, 0.1) is 29.4 Å². The predicted molar refractivity (Wildman–Crippen MR) is 104 cm³/mol. The Hall–Kier alpha value is -2.91. The molecule has 1 aliphatic heterocycles. The fourth-order valence-electron chi connectivity index (χ4n) is 4.64. The number of alkyl halides is 2. The van der Waals surface area contributed by atoms with Crippen molar-refractivity contribution in [2.75, 3.05) is 0 Å². The molecule has 0 unspecified atom stereocenters. The van der Waals surface area contributed by atoms with Crippen LogP contribution in [0.1, 0.15) is 73.3 Å². The highest BCUT2D eigenvalue weighted by Crippen LogP contribution is 2.33. The van der Waals surface area contributed by atoms with Crippen molar-refractivity contribution in [1.82, 2.24) is 25.4 Å². The fraction of sp³-hybridized carbons (Fsp3) is 0.571. The normalized spacial score (nSPS) is 23.7. The van der Waals surface area contributed by atoms with E-state index in [4.69, 9.17) is 4.42 Å². The quantitative estimate of drug-likeness (QED) is 0.780. The van der Waals surface area contributed by atoms with E-state index in [0.29, 0.717) is 23.4 Å². The molecule has 2 fully saturated rings. The monoisotopic (exact) mass is 431 g/mol. The first-order valence-corrected chi connectivity index (χ1v) is 10.7. The summed E-state index contributed by atoms with van der Waals surface area (Å²) < 4.78 is 30.5. The highest BCUT2D eigenvalue weighted by molar-refractivity contribution is 5.99. The molecular weight excluding hydrogens is 408 g/mol. The van der Waals surface area contributed by atoms with Gasteiger partial charge in [0.15, 0.2) is 0 Å². The summed E-state index contributed by atoms with van der Waals surface area (Å²) in [5, 5.41) is 10.1. The number of rotatable bonds is 5. The molecule has 0 bridgehead atoms. The van der Waals surface area contributed by atoms with Gasteiger partial charge in [0.1, 0.15) is 0 Å². The van der Waals surface area contributed by atoms with Crippen LogP contribution in [-0.2, 0) is 11.3 Å². The van der Waals surface area contributed by atoms with Crippen LogP contribution >= 0.6 is 0 Å². The summed E-state index contributed by atoms with van der Waals surface area (Å²) in [6.45, 7) is 0.362. The van der Waals surface area contributed by atoms with E-state index in [0.717, 1.165) is 44.9 Å². The maximum absolute atomic E-state index is 13.2. The number of pyridine rings is 1. The van der Waals surface area contributed by atoms with Crippen molar-refractivity contribution in [3.63, 3.8) is 0 Å². The van der Waals surface area contributed by atoms with Crippen LogP contribution in [0.3, 0.4) is 0 Å². The van der Waals surface area contributed by atoms with Gasteiger partial charge in [-0.05, 0) is 31.7 Å². The van der Waals surface area contributed by atoms with Crippen LogP contribution < -0.4 is 5.32 Å². The number of fused-ring (bicyclic) bond motifs is 1. The Morgan fingerprint density at radius 1 is 1.16 bits per heavy atom. The van der Waals surface area contributed by atoms with Crippen molar-refractivity contribution in [2.45, 2.75) is 70.0 Å². The first kappa shape index (κ1) is 20.0. The Kier molecular flexibility index (Phi) is 5.15. The average molecular weight is 431 g/mol. The topological polar surface area (TPSA) is 101 Å². The number of nitrogens with zero attached hydrogens (tertiary/aromatic N) is 4. The van der Waals surface area contributed by atoms with E-state index in [1.54, 1.807) is 11.0 Å². The lowest BCUT2D eigenvalue weighted by atomic mass is 9.83. The molecule has 8 nitrogen and oxygen atoms in total. The smallest absolute Gasteiger partial charge is 0.314 e. The molecular formula is C21H23F2N5O3. The van der Waals surface area contributed by atoms with Gasteiger partial charge in [0.25, 0.3) is 11.8 Å². The van der Waals surface area contributed by atoms with Crippen molar-refractivity contribution in [3.05, 3.63) is 29.4 Å². The molecule has 0 spiro atoms. The van der Waals surface area contributed by atoms with E-state index >= 15 is 0 Å². The van der Waals surface area contributed by atoms with Gasteiger partial charge in [-0.25, -0.2) is 0 Å². The number of hydrogen-bond donors (Lipinski definition) is 1. The molecule has 2 aromatic rings. The molecule has 10 heteroatoms. The molecule has 0 saturated heterocycles. The van der Waals surface area contributed by atoms with Crippen LogP contribution in [0.15, 0.2) is 16.7 Å². The molecule has 2 amide bonds. The summed E-state index contributed by atoms with van der Waals surface area (Å²) in [6, 6.07) is 1.42. The molecule has 0 radical (unpaired) electrons. The van der Waals surface area contributed by atoms with Gasteiger partial charge < -0.3 is 14.6 Å². The Balaban J connectivity index is 1.35. The summed E-state index contributed by atoms with van der Waals surface area (Å²) in [5.74, 6) is -0.839. The minimum absolute atomic E-state index is 0.0656. The Morgan fingerprint density at radius 3 is 2.68 bits per heavy atom. The molecule has 3 aliphatic rings. The summed E-state index contributed by atoms with van der Waals surface area (Å²) in [7, 11) is 0. The van der Waals surface area contributed by atoms with Gasteiger partial charge >= 0.3 is 6.43 Å². The van der Waals surface area contributed by atoms with Crippen LogP contribution in [0.4, 0.5) is 8.78 Å². The van der Waals surface area contributed by atoms with Crippen molar-refractivity contribution in [2.24, 2.45) is 5.92 Å². The Labute approximate surface area is 177 Å². The third kappa shape index (κ3) is 3.68. The predicted octanol–water partition coefficient (Wildman–Crippen LogP) is 3.25. The highest BCUT2D eigenvalue weighted by atomic mass is 19.3. The first-order valence-electron chi connectivity index (χ1n) is 10.7. The number of amides is 2. The molecule has 31 heavy (non-hydrogen) atoms. The Morgan fingerprint density at radius 2 is 1.97 bits per heavy atom. The van der Waals surface area contributed by atoms with Gasteiger partial charge in [-0.15, -0.1) is 10.2 Å². The van der Waals surface area contributed by atoms with Crippen molar-refractivity contribution in [3.8, 4) is 11.5 Å². The molecule has 5 rings (SSSR count). The molecule has 2 aromatic heterocycles. The number of nitrogens with one attached hydrogen (secondary N) is 1. The molecule has 2 aliphatic carbocycles. The SMILES string of the molecule is O=C(N[C@@H]1CCCC[C@H]1N1Cc2ncc(-c3nnc(C(F)F)o3)cc2C1=O)C1CCC1. The second kappa shape index (κ2) is 7.97. The van der Waals surface area contributed by atoms with E-state index in [1.807, 2.05) is 0 Å². The zero-order valence-corrected chi connectivity index (χ0v) is 16.9. The molecule has 2 saturated carbocycles. The summed E-state index contributed by atoms with van der Waals surface area (Å²) in [6.07, 6.45) is 5.25. The number of aromatic nitrogens is 3. The lowest BCUT2D eigenvalue weighted by Gasteiger charge is -2.39. The third-order valence-electron chi connectivity index (χ3n) is 6.59. The maximum atomic E-state index is 13.2. The minimum atomic E-state index is -2.86. The second-order valence-corrected chi connectivity index (χ2v) is 8.49. The van der Waals surface area contributed by atoms with E-state index < -0.39 is 12.3 Å². The van der Waals surface area contributed by atoms with Crippen molar-refractivity contribution in [1.29, 1.82) is 0 Å². The molecule has 1 N–H and O–H groups in total. The zero-order valence-electron chi connectivity index (χ0n) is 16.9. The molecule has 0 aromatic carbocycles. The van der Waals surface area contributed by atoms with Gasteiger partial charge in [-0.3, -0.25) is 14.6 Å². The van der Waals surface area contributed by atoms with Gasteiger partial charge in [-0.1, -0.05) is 19.3 Å². The third-order valence-corrected chi connectivity index (χ3v) is 6.59. The number of halogens is 2. The van der Waals surface area contributed by atoms with E-state index in [-0.39, 0.29) is 35.7 Å². The number of carbonyl (C=O) groups is 2. The van der Waals surface area contributed by atoms with Gasteiger partial charge in [-0.2, -0.15) is 8.78 Å². The second-order valence-electron chi connectivity index (χ2n) is 8.49. The fourth-order valence-corrected chi connectivity index (χ4v) is 4.64. The minimum Gasteiger partial charge on any atom is -0.415 e. The zero-order chi connectivity index (χ0) is 21.5. The van der Waals surface area contributed by atoms with Crippen molar-refractivity contribution < 1.29 is 22.8 Å². The van der Waals surface area contributed by atoms with E-state index in [1.165, 1.54) is 6.20 Å². The van der Waals surface area contributed by atoms with Gasteiger partial charge in [0.2, 0.25) is 11.8 Å². The average Bonchev–Trinajstić information content (AvgIpc) is 3.32. The van der Waals surface area contributed by atoms with E-state index in [2.05, 4.69) is 20.5 Å². The number of hydrogen-bond acceptors (Lipinski definition) is 6. The lowest BCUT2D eigenvalue weighted by molar-refractivity contribution is -0.128. The summed E-state index contributed by atoms with van der Waals surface area (Å²) in [4.78, 5) is 31.9. The molecule has 164 valence electrons. The standard InChI is InChI=1S/C21H23F2N5O3/c22-17(23)20-27-26-19(31-20)12-8-13-15(24-9-12)10-28(21(13)30)16-7-2-1-6-14(16)25-18(29)11-4-3-5-11/h8-9,11,14,16-17H,1-7,10H2,(H,25,29)/t14-,16-/m1/s1. The first-order chi connectivity index (χ1) is 15.0.